The van der Waals surface area contributed by atoms with Crippen molar-refractivity contribution >= 4 is 74.4 Å². The van der Waals surface area contributed by atoms with Crippen LogP contribution in [0.3, 0.4) is 0 Å². The minimum Gasteiger partial charge on any atom is -0.506 e. The largest absolute Gasteiger partial charge is 0.506 e. The van der Waals surface area contributed by atoms with E-state index < -0.39 is 12.1 Å². The van der Waals surface area contributed by atoms with Crippen molar-refractivity contribution < 1.29 is 19.7 Å². The number of phenols is 1. The van der Waals surface area contributed by atoms with Crippen molar-refractivity contribution in [2.75, 3.05) is 0 Å². The average Bonchev–Trinajstić information content (AvgIpc) is 2.55. The van der Waals surface area contributed by atoms with Gasteiger partial charge in [-0.15, -0.1) is 0 Å². The molecule has 5 nitrogen and oxygen atoms in total. The second-order valence-corrected chi connectivity index (χ2v) is 7.74. The number of phenolic OH excluding ortho intramolecular Hbond substituents is 1. The van der Waals surface area contributed by atoms with Crippen molar-refractivity contribution in [2.24, 2.45) is 0 Å². The van der Waals surface area contributed by atoms with Crippen molar-refractivity contribution in [3.05, 3.63) is 53.1 Å². The van der Waals surface area contributed by atoms with Gasteiger partial charge in [-0.25, -0.2) is 4.79 Å². The fourth-order valence-electron chi connectivity index (χ4n) is 1.44. The van der Waals surface area contributed by atoms with E-state index >= 15 is 0 Å². The molecule has 0 saturated carbocycles. The van der Waals surface area contributed by atoms with Gasteiger partial charge in [0, 0.05) is 5.02 Å². The summed E-state index contributed by atoms with van der Waals surface area (Å²) in [6, 6.07) is 9.92. The molecular weight excluding hydrogens is 595 g/mol. The maximum atomic E-state index is 10.5. The minimum absolute atomic E-state index is 0.255. The summed E-state index contributed by atoms with van der Waals surface area (Å²) >= 11 is 15.4. The fraction of sp³-hybridized carbons (Fsp3) is 0.125. The van der Waals surface area contributed by atoms with Gasteiger partial charge in [-0.2, -0.15) is 5.26 Å². The zero-order chi connectivity index (χ0) is 19.1. The Morgan fingerprint density at radius 2 is 1.80 bits per heavy atom. The maximum absolute atomic E-state index is 10.5. The third-order valence-corrected chi connectivity index (χ3v) is 4.87. The van der Waals surface area contributed by atoms with E-state index in [1.165, 1.54) is 19.1 Å². The van der Waals surface area contributed by atoms with Crippen molar-refractivity contribution in [3.63, 3.8) is 0 Å². The van der Waals surface area contributed by atoms with Gasteiger partial charge in [0.05, 0.1) is 23.8 Å². The lowest BCUT2D eigenvalue weighted by atomic mass is 10.2. The first-order chi connectivity index (χ1) is 11.6. The molecule has 0 amide bonds. The smallest absolute Gasteiger partial charge is 0.344 e. The zero-order valence-corrected chi connectivity index (χ0v) is 18.5. The van der Waals surface area contributed by atoms with Crippen molar-refractivity contribution in [3.8, 4) is 17.6 Å². The highest BCUT2D eigenvalue weighted by Gasteiger charge is 2.14. The molecule has 25 heavy (non-hydrogen) atoms. The van der Waals surface area contributed by atoms with Crippen molar-refractivity contribution in [2.45, 2.75) is 13.0 Å². The van der Waals surface area contributed by atoms with Crippen molar-refractivity contribution in [1.29, 1.82) is 5.26 Å². The van der Waals surface area contributed by atoms with Gasteiger partial charge in [-0.3, -0.25) is 0 Å². The molecule has 2 N–H and O–H groups in total. The Bertz CT molecular complexity index is 801. The van der Waals surface area contributed by atoms with E-state index in [1.54, 1.807) is 18.2 Å². The molecule has 0 radical (unpaired) electrons. The molecule has 0 aliphatic carbocycles. The van der Waals surface area contributed by atoms with Gasteiger partial charge in [0.25, 0.3) is 0 Å². The van der Waals surface area contributed by atoms with E-state index in [0.717, 1.165) is 0 Å². The summed E-state index contributed by atoms with van der Waals surface area (Å²) in [7, 11) is 0. The monoisotopic (exact) mass is 605 g/mol. The highest BCUT2D eigenvalue weighted by atomic mass is 127. The number of nitriles is 1. The van der Waals surface area contributed by atoms with Gasteiger partial charge < -0.3 is 14.9 Å². The van der Waals surface area contributed by atoms with Crippen LogP contribution in [0.4, 0.5) is 0 Å². The number of benzene rings is 2. The standard InChI is InChI=1S/C9H8Cl2O3.C7H3I2NO/c1-5(9(12)13)14-8-3-2-6(10)4-7(8)11;8-5-1-4(3-10)2-6(9)7(5)11/h2-5H,1H3,(H,12,13);1-2,11H. The summed E-state index contributed by atoms with van der Waals surface area (Å²) < 4.78 is 6.50. The van der Waals surface area contributed by atoms with Crippen LogP contribution in [0.25, 0.3) is 0 Å². The number of ether oxygens (including phenoxy) is 1. The number of carbonyl (C=O) groups is 1. The van der Waals surface area contributed by atoms with Gasteiger partial charge in [0.15, 0.2) is 6.10 Å². The first kappa shape index (κ1) is 22.1. The van der Waals surface area contributed by atoms with Crippen LogP contribution >= 0.6 is 68.4 Å². The average molecular weight is 606 g/mol. The Hall–Kier alpha value is -0.960. The molecule has 0 bridgehead atoms. The van der Waals surface area contributed by atoms with Crippen molar-refractivity contribution in [1.82, 2.24) is 0 Å². The molecule has 0 saturated heterocycles. The number of hydrogen-bond acceptors (Lipinski definition) is 4. The van der Waals surface area contributed by atoms with Crippen LogP contribution in [-0.4, -0.2) is 22.3 Å². The number of carboxylic acid groups (broad SMARTS) is 1. The van der Waals surface area contributed by atoms with Crippen LogP contribution in [0.1, 0.15) is 12.5 Å². The van der Waals surface area contributed by atoms with Crippen LogP contribution in [0.2, 0.25) is 10.0 Å². The predicted octanol–water partition coefficient (Wildman–Crippen LogP) is 5.32. The minimum atomic E-state index is -1.05. The third kappa shape index (κ3) is 7.05. The quantitative estimate of drug-likeness (QED) is 0.463. The van der Waals surface area contributed by atoms with E-state index in [4.69, 9.17) is 38.3 Å². The highest BCUT2D eigenvalue weighted by Crippen LogP contribution is 2.28. The second kappa shape index (κ2) is 10.3. The highest BCUT2D eigenvalue weighted by molar-refractivity contribution is 14.1. The summed E-state index contributed by atoms with van der Waals surface area (Å²) in [5, 5.41) is 27.2. The van der Waals surface area contributed by atoms with Crippen LogP contribution in [-0.2, 0) is 4.79 Å². The molecule has 0 aromatic heterocycles. The summed E-state index contributed by atoms with van der Waals surface area (Å²) in [4.78, 5) is 10.5. The van der Waals surface area contributed by atoms with E-state index in [-0.39, 0.29) is 5.75 Å². The number of carboxylic acids is 1. The Labute approximate surface area is 181 Å². The number of aromatic hydroxyl groups is 1. The molecule has 0 aliphatic rings. The molecule has 0 fully saturated rings. The predicted molar refractivity (Wildman–Crippen MR) is 112 cm³/mol. The molecule has 0 heterocycles. The first-order valence-electron chi connectivity index (χ1n) is 6.58. The summed E-state index contributed by atoms with van der Waals surface area (Å²) in [5.41, 5.74) is 0.580. The van der Waals surface area contributed by atoms with Gasteiger partial charge in [-0.1, -0.05) is 23.2 Å². The van der Waals surface area contributed by atoms with Crippen LogP contribution < -0.4 is 4.74 Å². The van der Waals surface area contributed by atoms with E-state index in [9.17, 15) is 9.90 Å². The molecule has 1 atom stereocenters. The van der Waals surface area contributed by atoms with Crippen LogP contribution in [0.5, 0.6) is 11.5 Å². The van der Waals surface area contributed by atoms with E-state index in [1.807, 2.05) is 51.3 Å². The lowest BCUT2D eigenvalue weighted by Gasteiger charge is -2.11. The molecule has 2 aromatic rings. The lowest BCUT2D eigenvalue weighted by molar-refractivity contribution is -0.144. The first-order valence-corrected chi connectivity index (χ1v) is 9.49. The summed E-state index contributed by atoms with van der Waals surface area (Å²) in [6.45, 7) is 1.42. The van der Waals surface area contributed by atoms with E-state index in [2.05, 4.69) is 0 Å². The number of aliphatic carboxylic acids is 1. The second-order valence-electron chi connectivity index (χ2n) is 4.57. The Morgan fingerprint density at radius 1 is 1.24 bits per heavy atom. The van der Waals surface area contributed by atoms with Crippen LogP contribution in [0, 0.1) is 18.5 Å². The Kier molecular flexibility index (Phi) is 9.06. The topological polar surface area (TPSA) is 90.5 Å². The molecule has 2 aromatic carbocycles. The lowest BCUT2D eigenvalue weighted by Crippen LogP contribution is -2.22. The normalized spacial score (nSPS) is 10.9. The molecule has 2 rings (SSSR count). The Morgan fingerprint density at radius 3 is 2.24 bits per heavy atom. The number of nitrogens with zero attached hydrogens (tertiary/aromatic N) is 1. The van der Waals surface area contributed by atoms with Gasteiger partial charge in [0.1, 0.15) is 11.5 Å². The zero-order valence-electron chi connectivity index (χ0n) is 12.6. The molecule has 132 valence electrons. The Balaban J connectivity index is 0.000000257. The maximum Gasteiger partial charge on any atom is 0.344 e. The molecule has 9 heteroatoms. The molecular formula is C16H11Cl2I2NO4. The molecule has 1 unspecified atom stereocenters. The van der Waals surface area contributed by atoms with Gasteiger partial charge >= 0.3 is 5.97 Å². The van der Waals surface area contributed by atoms with Gasteiger partial charge in [-0.05, 0) is 82.4 Å². The SMILES string of the molecule is CC(Oc1ccc(Cl)cc1Cl)C(=O)O.N#Cc1cc(I)c(O)c(I)c1. The fourth-order valence-corrected chi connectivity index (χ4v) is 3.66. The van der Waals surface area contributed by atoms with E-state index in [0.29, 0.717) is 28.5 Å². The molecule has 0 aliphatic heterocycles. The van der Waals surface area contributed by atoms with Gasteiger partial charge in [0.2, 0.25) is 0 Å². The van der Waals surface area contributed by atoms with Crippen LogP contribution in [0.15, 0.2) is 30.3 Å². The summed E-state index contributed by atoms with van der Waals surface area (Å²) in [6.07, 6.45) is -0.936. The number of rotatable bonds is 3. The number of halogens is 4. The summed E-state index contributed by atoms with van der Waals surface area (Å²) in [5.74, 6) is -0.479. The third-order valence-electron chi connectivity index (χ3n) is 2.69. The number of hydrogen-bond donors (Lipinski definition) is 2. The molecule has 0 spiro atoms.